The summed E-state index contributed by atoms with van der Waals surface area (Å²) < 4.78 is 0.984. The zero-order chi connectivity index (χ0) is 15.2. The maximum absolute atomic E-state index is 6.33. The van der Waals surface area contributed by atoms with E-state index in [1.165, 1.54) is 44.1 Å². The summed E-state index contributed by atoms with van der Waals surface area (Å²) in [6.07, 6.45) is 7.96. The van der Waals surface area contributed by atoms with Crippen molar-refractivity contribution in [2.24, 2.45) is 11.8 Å². The van der Waals surface area contributed by atoms with Gasteiger partial charge in [-0.15, -0.1) is 0 Å². The average molecular weight is 373 g/mol. The van der Waals surface area contributed by atoms with Gasteiger partial charge >= 0.3 is 0 Å². The maximum atomic E-state index is 6.33. The van der Waals surface area contributed by atoms with Gasteiger partial charge in [0.05, 0.1) is 5.02 Å². The normalized spacial score (nSPS) is 24.0. The molecule has 0 spiro atoms. The summed E-state index contributed by atoms with van der Waals surface area (Å²) in [5, 5.41) is 4.61. The van der Waals surface area contributed by atoms with Gasteiger partial charge in [0.1, 0.15) is 0 Å². The summed E-state index contributed by atoms with van der Waals surface area (Å²) in [4.78, 5) is 0. The predicted molar refractivity (Wildman–Crippen MR) is 95.9 cm³/mol. The average Bonchev–Trinajstić information content (AvgIpc) is 2.51. The lowest BCUT2D eigenvalue weighted by molar-refractivity contribution is 0.175. The molecule has 1 aliphatic carbocycles. The molecule has 0 aliphatic heterocycles. The van der Waals surface area contributed by atoms with Crippen LogP contribution in [0.5, 0.6) is 0 Å². The predicted octanol–water partition coefficient (Wildman–Crippen LogP) is 6.36. The van der Waals surface area contributed by atoms with E-state index in [4.69, 9.17) is 11.6 Å². The van der Waals surface area contributed by atoms with Crippen molar-refractivity contribution in [2.45, 2.75) is 58.4 Å². The molecule has 21 heavy (non-hydrogen) atoms. The zero-order valence-electron chi connectivity index (χ0n) is 13.2. The molecular weight excluding hydrogens is 346 g/mol. The molecule has 0 saturated heterocycles. The van der Waals surface area contributed by atoms with Crippen LogP contribution in [0, 0.1) is 11.8 Å². The highest BCUT2D eigenvalue weighted by atomic mass is 79.9. The SMILES string of the molecule is CCCNC(c1ccc(Br)c(Cl)c1)C1CCCCC1CC. The number of hydrogen-bond acceptors (Lipinski definition) is 1. The van der Waals surface area contributed by atoms with Gasteiger partial charge in [0.2, 0.25) is 0 Å². The van der Waals surface area contributed by atoms with Gasteiger partial charge in [0.25, 0.3) is 0 Å². The third-order valence-corrected chi connectivity index (χ3v) is 6.07. The van der Waals surface area contributed by atoms with E-state index in [1.54, 1.807) is 0 Å². The van der Waals surface area contributed by atoms with Gasteiger partial charge in [0.15, 0.2) is 0 Å². The fraction of sp³-hybridized carbons (Fsp3) is 0.667. The van der Waals surface area contributed by atoms with Crippen LogP contribution in [-0.2, 0) is 0 Å². The molecule has 3 heteroatoms. The molecule has 1 nitrogen and oxygen atoms in total. The molecule has 1 fully saturated rings. The van der Waals surface area contributed by atoms with Gasteiger partial charge < -0.3 is 5.32 Å². The van der Waals surface area contributed by atoms with Crippen LogP contribution < -0.4 is 5.32 Å². The first-order valence-corrected chi connectivity index (χ1v) is 9.52. The van der Waals surface area contributed by atoms with Gasteiger partial charge in [0, 0.05) is 10.5 Å². The fourth-order valence-electron chi connectivity index (χ4n) is 3.70. The molecule has 1 aliphatic rings. The first-order chi connectivity index (χ1) is 10.2. The lowest BCUT2D eigenvalue weighted by Crippen LogP contribution is -2.34. The second-order valence-corrected chi connectivity index (χ2v) is 7.48. The van der Waals surface area contributed by atoms with E-state index in [0.717, 1.165) is 27.9 Å². The second-order valence-electron chi connectivity index (χ2n) is 6.22. The van der Waals surface area contributed by atoms with Gasteiger partial charge in [-0.1, -0.05) is 57.2 Å². The van der Waals surface area contributed by atoms with Crippen LogP contribution in [0.2, 0.25) is 5.02 Å². The highest BCUT2D eigenvalue weighted by molar-refractivity contribution is 9.10. The van der Waals surface area contributed by atoms with Crippen molar-refractivity contribution in [1.82, 2.24) is 5.32 Å². The highest BCUT2D eigenvalue weighted by Gasteiger charge is 2.31. The zero-order valence-corrected chi connectivity index (χ0v) is 15.5. The molecule has 0 aromatic heterocycles. The highest BCUT2D eigenvalue weighted by Crippen LogP contribution is 2.41. The van der Waals surface area contributed by atoms with Crippen molar-refractivity contribution in [1.29, 1.82) is 0 Å². The third-order valence-electron chi connectivity index (χ3n) is 4.84. The van der Waals surface area contributed by atoms with E-state index in [2.05, 4.69) is 53.3 Å². The Morgan fingerprint density at radius 2 is 2.05 bits per heavy atom. The topological polar surface area (TPSA) is 12.0 Å². The van der Waals surface area contributed by atoms with Crippen LogP contribution in [0.3, 0.4) is 0 Å². The first kappa shape index (κ1) is 17.3. The van der Waals surface area contributed by atoms with Crippen molar-refractivity contribution >= 4 is 27.5 Å². The summed E-state index contributed by atoms with van der Waals surface area (Å²) in [6.45, 7) is 5.65. The Bertz CT molecular complexity index is 449. The lowest BCUT2D eigenvalue weighted by atomic mass is 9.72. The van der Waals surface area contributed by atoms with Crippen LogP contribution in [0.25, 0.3) is 0 Å². The molecule has 1 aromatic carbocycles. The largest absolute Gasteiger partial charge is 0.310 e. The van der Waals surface area contributed by atoms with Gasteiger partial charge in [-0.3, -0.25) is 0 Å². The van der Waals surface area contributed by atoms with Crippen LogP contribution in [-0.4, -0.2) is 6.54 Å². The minimum atomic E-state index is 0.445. The smallest absolute Gasteiger partial charge is 0.0551 e. The van der Waals surface area contributed by atoms with Crippen molar-refractivity contribution < 1.29 is 0 Å². The fourth-order valence-corrected chi connectivity index (χ4v) is 4.14. The molecule has 3 atom stereocenters. The first-order valence-electron chi connectivity index (χ1n) is 8.35. The Morgan fingerprint density at radius 3 is 2.71 bits per heavy atom. The summed E-state index contributed by atoms with van der Waals surface area (Å²) >= 11 is 9.83. The maximum Gasteiger partial charge on any atom is 0.0551 e. The molecule has 0 bridgehead atoms. The van der Waals surface area contributed by atoms with Crippen LogP contribution in [0.4, 0.5) is 0 Å². The molecule has 0 amide bonds. The van der Waals surface area contributed by atoms with Crippen LogP contribution in [0.1, 0.15) is 64.0 Å². The van der Waals surface area contributed by atoms with Crippen molar-refractivity contribution in [3.8, 4) is 0 Å². The molecule has 1 aromatic rings. The minimum Gasteiger partial charge on any atom is -0.310 e. The Morgan fingerprint density at radius 1 is 1.29 bits per heavy atom. The van der Waals surface area contributed by atoms with E-state index in [-0.39, 0.29) is 0 Å². The van der Waals surface area contributed by atoms with Gasteiger partial charge in [-0.05, 0) is 64.8 Å². The van der Waals surface area contributed by atoms with Crippen molar-refractivity contribution in [2.75, 3.05) is 6.54 Å². The Kier molecular flexibility index (Phi) is 7.04. The van der Waals surface area contributed by atoms with Crippen LogP contribution in [0.15, 0.2) is 22.7 Å². The van der Waals surface area contributed by atoms with E-state index >= 15 is 0 Å². The second kappa shape index (κ2) is 8.55. The van der Waals surface area contributed by atoms with Crippen molar-refractivity contribution in [3.63, 3.8) is 0 Å². The summed E-state index contributed by atoms with van der Waals surface area (Å²) in [5.41, 5.74) is 1.35. The molecular formula is C18H27BrClN. The summed E-state index contributed by atoms with van der Waals surface area (Å²) in [7, 11) is 0. The monoisotopic (exact) mass is 371 g/mol. The van der Waals surface area contributed by atoms with E-state index in [1.807, 2.05) is 0 Å². The Balaban J connectivity index is 2.25. The molecule has 118 valence electrons. The molecule has 0 radical (unpaired) electrons. The van der Waals surface area contributed by atoms with Gasteiger partial charge in [-0.2, -0.15) is 0 Å². The minimum absolute atomic E-state index is 0.445. The quantitative estimate of drug-likeness (QED) is 0.612. The number of hydrogen-bond donors (Lipinski definition) is 1. The molecule has 3 unspecified atom stereocenters. The number of nitrogens with one attached hydrogen (secondary N) is 1. The number of rotatable bonds is 6. The standard InChI is InChI=1S/C18H27BrClN/c1-3-11-21-18(14-9-10-16(19)17(20)12-14)15-8-6-5-7-13(15)4-2/h9-10,12-13,15,18,21H,3-8,11H2,1-2H3. The van der Waals surface area contributed by atoms with E-state index in [9.17, 15) is 0 Å². The van der Waals surface area contributed by atoms with Crippen LogP contribution >= 0.6 is 27.5 Å². The Labute approximate surface area is 143 Å². The number of halogens is 2. The molecule has 1 N–H and O–H groups in total. The molecule has 0 heterocycles. The van der Waals surface area contributed by atoms with E-state index in [0.29, 0.717) is 6.04 Å². The number of benzene rings is 1. The summed E-state index contributed by atoms with van der Waals surface area (Å²) in [6, 6.07) is 6.90. The van der Waals surface area contributed by atoms with Crippen molar-refractivity contribution in [3.05, 3.63) is 33.3 Å². The molecule has 1 saturated carbocycles. The Hall–Kier alpha value is -0.0500. The lowest BCUT2D eigenvalue weighted by Gasteiger charge is -2.38. The van der Waals surface area contributed by atoms with Gasteiger partial charge in [-0.25, -0.2) is 0 Å². The molecule has 2 rings (SSSR count). The summed E-state index contributed by atoms with van der Waals surface area (Å²) in [5.74, 6) is 1.59. The third kappa shape index (κ3) is 4.46. The van der Waals surface area contributed by atoms with E-state index < -0.39 is 0 Å².